The van der Waals surface area contributed by atoms with Crippen LogP contribution in [0.1, 0.15) is 45.6 Å². The second kappa shape index (κ2) is 5.60. The first-order valence-corrected chi connectivity index (χ1v) is 7.99. The molecule has 1 N–H and O–H groups in total. The van der Waals surface area contributed by atoms with Crippen LogP contribution in [0.2, 0.25) is 0 Å². The van der Waals surface area contributed by atoms with Crippen molar-refractivity contribution in [1.82, 2.24) is 9.55 Å². The number of rotatable bonds is 4. The Bertz CT molecular complexity index is 658. The zero-order valence-electron chi connectivity index (χ0n) is 12.2. The minimum atomic E-state index is 0.526. The largest absolute Gasteiger partial charge is 0.491 e. The van der Waals surface area contributed by atoms with Crippen molar-refractivity contribution in [2.24, 2.45) is 5.92 Å². The summed E-state index contributed by atoms with van der Waals surface area (Å²) in [5.41, 5.74) is 2.23. The molecule has 0 amide bonds. The van der Waals surface area contributed by atoms with Crippen LogP contribution in [0.15, 0.2) is 18.2 Å². The summed E-state index contributed by atoms with van der Waals surface area (Å²) in [7, 11) is 0. The highest BCUT2D eigenvalue weighted by molar-refractivity contribution is 7.71. The van der Waals surface area contributed by atoms with Crippen LogP contribution in [0, 0.1) is 10.7 Å². The van der Waals surface area contributed by atoms with E-state index in [1.165, 1.54) is 24.8 Å². The molecule has 1 heterocycles. The number of aromatic nitrogens is 2. The molecule has 1 fully saturated rings. The molecule has 2 aromatic rings. The van der Waals surface area contributed by atoms with Gasteiger partial charge in [0.25, 0.3) is 0 Å². The number of fused-ring (bicyclic) bond motifs is 1. The van der Waals surface area contributed by atoms with E-state index in [4.69, 9.17) is 17.0 Å². The van der Waals surface area contributed by atoms with Crippen LogP contribution in [0.5, 0.6) is 5.75 Å². The fraction of sp³-hybridized carbons (Fsp3) is 0.562. The lowest BCUT2D eigenvalue weighted by atomic mass is 10.1. The van der Waals surface area contributed by atoms with Crippen LogP contribution in [0.25, 0.3) is 11.0 Å². The molecule has 20 heavy (non-hydrogen) atoms. The number of para-hydroxylation sites is 1. The van der Waals surface area contributed by atoms with Crippen molar-refractivity contribution in [2.75, 3.05) is 6.61 Å². The second-order valence-corrected chi connectivity index (χ2v) is 6.16. The molecule has 1 aliphatic rings. The van der Waals surface area contributed by atoms with Crippen molar-refractivity contribution in [2.45, 2.75) is 45.6 Å². The van der Waals surface area contributed by atoms with Crippen molar-refractivity contribution in [1.29, 1.82) is 0 Å². The molecule has 1 aromatic carbocycles. The molecule has 3 nitrogen and oxygen atoms in total. The van der Waals surface area contributed by atoms with Gasteiger partial charge in [0.05, 0.1) is 12.1 Å². The van der Waals surface area contributed by atoms with E-state index in [0.717, 1.165) is 29.1 Å². The molecule has 0 radical (unpaired) electrons. The Balaban J connectivity index is 2.09. The first kappa shape index (κ1) is 13.7. The number of imidazole rings is 1. The summed E-state index contributed by atoms with van der Waals surface area (Å²) in [5.74, 6) is 1.61. The van der Waals surface area contributed by atoms with Gasteiger partial charge in [-0.15, -0.1) is 0 Å². The van der Waals surface area contributed by atoms with Gasteiger partial charge in [-0.1, -0.05) is 26.3 Å². The fourth-order valence-corrected chi connectivity index (χ4v) is 3.63. The van der Waals surface area contributed by atoms with Gasteiger partial charge in [-0.05, 0) is 49.5 Å². The van der Waals surface area contributed by atoms with Gasteiger partial charge in [0, 0.05) is 6.04 Å². The van der Waals surface area contributed by atoms with Crippen LogP contribution in [-0.4, -0.2) is 16.2 Å². The molecule has 0 bridgehead atoms. The maximum Gasteiger partial charge on any atom is 0.178 e. The number of nitrogens with zero attached hydrogens (tertiary/aromatic N) is 1. The van der Waals surface area contributed by atoms with Crippen LogP contribution < -0.4 is 4.74 Å². The lowest BCUT2D eigenvalue weighted by Crippen LogP contribution is -2.11. The van der Waals surface area contributed by atoms with Crippen LogP contribution in [-0.2, 0) is 0 Å². The summed E-state index contributed by atoms with van der Waals surface area (Å²) in [5, 5.41) is 0. The number of ether oxygens (including phenoxy) is 1. The predicted octanol–water partition coefficient (Wildman–Crippen LogP) is 4.85. The Morgan fingerprint density at radius 1 is 1.40 bits per heavy atom. The zero-order chi connectivity index (χ0) is 14.1. The summed E-state index contributed by atoms with van der Waals surface area (Å²) >= 11 is 5.57. The average Bonchev–Trinajstić information content (AvgIpc) is 2.99. The van der Waals surface area contributed by atoms with Crippen molar-refractivity contribution in [3.8, 4) is 5.75 Å². The normalized spacial score (nSPS) is 22.5. The Kier molecular flexibility index (Phi) is 3.83. The lowest BCUT2D eigenvalue weighted by Gasteiger charge is -2.18. The van der Waals surface area contributed by atoms with Crippen LogP contribution in [0.3, 0.4) is 0 Å². The van der Waals surface area contributed by atoms with Gasteiger partial charge < -0.3 is 14.3 Å². The Labute approximate surface area is 125 Å². The van der Waals surface area contributed by atoms with E-state index in [2.05, 4.69) is 35.5 Å². The van der Waals surface area contributed by atoms with Gasteiger partial charge in [0.15, 0.2) is 4.77 Å². The third-order valence-electron chi connectivity index (χ3n) is 4.32. The minimum Gasteiger partial charge on any atom is -0.491 e. The molecular formula is C16H22N2OS. The third-order valence-corrected chi connectivity index (χ3v) is 4.62. The number of nitrogens with one attached hydrogen (secondary N) is 1. The molecule has 0 spiro atoms. The van der Waals surface area contributed by atoms with Gasteiger partial charge in [-0.3, -0.25) is 0 Å². The highest BCUT2D eigenvalue weighted by Gasteiger charge is 2.27. The Morgan fingerprint density at radius 2 is 2.25 bits per heavy atom. The maximum atomic E-state index is 5.84. The van der Waals surface area contributed by atoms with Crippen molar-refractivity contribution >= 4 is 23.3 Å². The van der Waals surface area contributed by atoms with Gasteiger partial charge in [0.1, 0.15) is 11.3 Å². The lowest BCUT2D eigenvalue weighted by molar-refractivity contribution is 0.320. The van der Waals surface area contributed by atoms with Crippen LogP contribution in [0.4, 0.5) is 0 Å². The molecule has 1 aromatic heterocycles. The van der Waals surface area contributed by atoms with Gasteiger partial charge in [-0.2, -0.15) is 0 Å². The van der Waals surface area contributed by atoms with Gasteiger partial charge >= 0.3 is 0 Å². The first-order chi connectivity index (χ1) is 9.72. The molecule has 108 valence electrons. The van der Waals surface area contributed by atoms with Gasteiger partial charge in [-0.25, -0.2) is 0 Å². The van der Waals surface area contributed by atoms with E-state index in [1.54, 1.807) is 0 Å². The Morgan fingerprint density at radius 3 is 2.95 bits per heavy atom. The second-order valence-electron chi connectivity index (χ2n) is 5.77. The van der Waals surface area contributed by atoms with Crippen molar-refractivity contribution in [3.63, 3.8) is 0 Å². The molecule has 2 atom stereocenters. The molecule has 0 saturated heterocycles. The van der Waals surface area contributed by atoms with Crippen molar-refractivity contribution in [3.05, 3.63) is 23.0 Å². The van der Waals surface area contributed by atoms with E-state index in [9.17, 15) is 0 Å². The monoisotopic (exact) mass is 290 g/mol. The maximum absolute atomic E-state index is 5.84. The minimum absolute atomic E-state index is 0.526. The number of hydrogen-bond donors (Lipinski definition) is 1. The van der Waals surface area contributed by atoms with Crippen LogP contribution >= 0.6 is 12.2 Å². The van der Waals surface area contributed by atoms with Crippen molar-refractivity contribution < 1.29 is 4.74 Å². The average molecular weight is 290 g/mol. The van der Waals surface area contributed by atoms with E-state index < -0.39 is 0 Å². The highest BCUT2D eigenvalue weighted by Crippen LogP contribution is 2.38. The fourth-order valence-electron chi connectivity index (χ4n) is 3.29. The highest BCUT2D eigenvalue weighted by atomic mass is 32.1. The summed E-state index contributed by atoms with van der Waals surface area (Å²) in [6.07, 6.45) is 4.83. The Hall–Kier alpha value is -1.29. The van der Waals surface area contributed by atoms with E-state index in [-0.39, 0.29) is 0 Å². The third kappa shape index (κ3) is 2.26. The summed E-state index contributed by atoms with van der Waals surface area (Å²) in [6.45, 7) is 5.19. The smallest absolute Gasteiger partial charge is 0.178 e. The summed E-state index contributed by atoms with van der Waals surface area (Å²) in [4.78, 5) is 3.35. The summed E-state index contributed by atoms with van der Waals surface area (Å²) < 4.78 is 8.97. The molecule has 1 aliphatic carbocycles. The molecule has 2 unspecified atom stereocenters. The van der Waals surface area contributed by atoms with E-state index in [1.807, 2.05) is 6.07 Å². The quantitative estimate of drug-likeness (QED) is 0.816. The topological polar surface area (TPSA) is 29.9 Å². The van der Waals surface area contributed by atoms with E-state index >= 15 is 0 Å². The standard InChI is InChI=1S/C16H22N2OS/c1-3-10-19-14-9-5-8-13-15(14)17-16(20)18(13)12-7-4-6-11(12)2/h5,8-9,11-12H,3-4,6-7,10H2,1-2H3,(H,17,20). The van der Waals surface area contributed by atoms with E-state index in [0.29, 0.717) is 12.0 Å². The molecular weight excluding hydrogens is 268 g/mol. The SMILES string of the molecule is CCCOc1cccc2c1[nH]c(=S)n2C1CCCC1C. The molecule has 0 aliphatic heterocycles. The molecule has 4 heteroatoms. The number of H-pyrrole nitrogens is 1. The molecule has 3 rings (SSSR count). The van der Waals surface area contributed by atoms with Gasteiger partial charge in [0.2, 0.25) is 0 Å². The number of benzene rings is 1. The summed E-state index contributed by atoms with van der Waals surface area (Å²) in [6, 6.07) is 6.75. The number of aromatic amines is 1. The first-order valence-electron chi connectivity index (χ1n) is 7.58. The molecule has 1 saturated carbocycles. The predicted molar refractivity (Wildman–Crippen MR) is 85.0 cm³/mol. The zero-order valence-corrected chi connectivity index (χ0v) is 13.0. The number of hydrogen-bond acceptors (Lipinski definition) is 2.